The minimum Gasteiger partial charge on any atom is -0.494 e. The van der Waals surface area contributed by atoms with Crippen LogP contribution in [0.3, 0.4) is 0 Å². The first kappa shape index (κ1) is 19.8. The number of hydrogen-bond acceptors (Lipinski definition) is 4. The van der Waals surface area contributed by atoms with E-state index in [1.807, 2.05) is 0 Å². The lowest BCUT2D eigenvalue weighted by atomic mass is 10.2. The van der Waals surface area contributed by atoms with Crippen molar-refractivity contribution in [1.82, 2.24) is 0 Å². The largest absolute Gasteiger partial charge is 0.494 e. The number of halogens is 4. The Balaban J connectivity index is 2.01. The second-order valence-corrected chi connectivity index (χ2v) is 7.35. The molecule has 27 heavy (non-hydrogen) atoms. The summed E-state index contributed by atoms with van der Waals surface area (Å²) in [7, 11) is 1.41. The molecule has 1 N–H and O–H groups in total. The normalized spacial score (nSPS) is 14.2. The first-order chi connectivity index (χ1) is 12.7. The van der Waals surface area contributed by atoms with Gasteiger partial charge in [-0.2, -0.15) is 0 Å². The van der Waals surface area contributed by atoms with Crippen molar-refractivity contribution in [3.05, 3.63) is 61.7 Å². The third-order valence-corrected chi connectivity index (χ3v) is 5.05. The van der Waals surface area contributed by atoms with Crippen LogP contribution in [0.2, 0.25) is 15.1 Å². The van der Waals surface area contributed by atoms with E-state index in [0.29, 0.717) is 26.3 Å². The molecular formula is C18H12Cl4N2O3. The number of nitrogens with one attached hydrogen (secondary N) is 1. The van der Waals surface area contributed by atoms with E-state index in [9.17, 15) is 9.59 Å². The van der Waals surface area contributed by atoms with Crippen LogP contribution >= 0.6 is 46.4 Å². The molecule has 1 aliphatic rings. The fourth-order valence-electron chi connectivity index (χ4n) is 2.59. The Morgan fingerprint density at radius 1 is 0.926 bits per heavy atom. The summed E-state index contributed by atoms with van der Waals surface area (Å²) in [6.07, 6.45) is 0. The Bertz CT molecular complexity index is 984. The number of imide groups is 1. The minimum absolute atomic E-state index is 0.0883. The Hall–Kier alpha value is -1.92. The van der Waals surface area contributed by atoms with Crippen LogP contribution in [-0.2, 0) is 9.59 Å². The topological polar surface area (TPSA) is 58.6 Å². The fraction of sp³-hybridized carbons (Fsp3) is 0.111. The average molecular weight is 446 g/mol. The van der Waals surface area contributed by atoms with Crippen LogP contribution in [0.15, 0.2) is 41.1 Å². The summed E-state index contributed by atoms with van der Waals surface area (Å²) in [5.74, 6) is -1.05. The van der Waals surface area contributed by atoms with Gasteiger partial charge in [0.25, 0.3) is 11.8 Å². The Labute approximate surface area is 175 Å². The number of methoxy groups -OCH3 is 1. The van der Waals surface area contributed by atoms with Gasteiger partial charge in [0.2, 0.25) is 0 Å². The van der Waals surface area contributed by atoms with Gasteiger partial charge in [-0.25, -0.2) is 4.90 Å². The van der Waals surface area contributed by atoms with Gasteiger partial charge in [-0.05, 0) is 36.8 Å². The molecular weight excluding hydrogens is 434 g/mol. The highest BCUT2D eigenvalue weighted by Gasteiger charge is 2.40. The lowest BCUT2D eigenvalue weighted by Crippen LogP contribution is -2.32. The van der Waals surface area contributed by atoms with Crippen LogP contribution in [-0.4, -0.2) is 18.9 Å². The number of carbonyl (C=O) groups is 2. The van der Waals surface area contributed by atoms with Crippen molar-refractivity contribution in [2.45, 2.75) is 6.92 Å². The van der Waals surface area contributed by atoms with Crippen molar-refractivity contribution < 1.29 is 14.3 Å². The predicted octanol–water partition coefficient (Wildman–Crippen LogP) is 5.40. The van der Waals surface area contributed by atoms with Crippen molar-refractivity contribution in [1.29, 1.82) is 0 Å². The molecule has 0 spiro atoms. The van der Waals surface area contributed by atoms with Crippen molar-refractivity contribution in [3.63, 3.8) is 0 Å². The zero-order valence-electron chi connectivity index (χ0n) is 14.1. The highest BCUT2D eigenvalue weighted by atomic mass is 35.5. The van der Waals surface area contributed by atoms with Gasteiger partial charge in [0, 0.05) is 26.8 Å². The van der Waals surface area contributed by atoms with E-state index in [1.54, 1.807) is 31.2 Å². The molecule has 1 heterocycles. The van der Waals surface area contributed by atoms with E-state index in [-0.39, 0.29) is 22.2 Å². The highest BCUT2D eigenvalue weighted by molar-refractivity contribution is 6.53. The van der Waals surface area contributed by atoms with Crippen LogP contribution in [0, 0.1) is 6.92 Å². The van der Waals surface area contributed by atoms with Crippen molar-refractivity contribution in [2.75, 3.05) is 17.3 Å². The van der Waals surface area contributed by atoms with E-state index >= 15 is 0 Å². The minimum atomic E-state index is -0.683. The number of nitrogens with zero attached hydrogens (tertiary/aromatic N) is 1. The molecule has 140 valence electrons. The van der Waals surface area contributed by atoms with Gasteiger partial charge in [0.1, 0.15) is 16.5 Å². The van der Waals surface area contributed by atoms with Gasteiger partial charge in [-0.1, -0.05) is 46.4 Å². The molecule has 1 aliphatic heterocycles. The SMILES string of the molecule is COc1cc(Cl)c(C)cc1N1C(=O)C(Cl)=C(Nc2cc(Cl)cc(Cl)c2)C1=O. The maximum atomic E-state index is 12.9. The first-order valence-corrected chi connectivity index (χ1v) is 9.10. The Kier molecular flexibility index (Phi) is 5.58. The molecule has 0 fully saturated rings. The van der Waals surface area contributed by atoms with E-state index in [2.05, 4.69) is 5.32 Å². The van der Waals surface area contributed by atoms with Gasteiger partial charge in [-0.3, -0.25) is 9.59 Å². The molecule has 0 aromatic heterocycles. The van der Waals surface area contributed by atoms with E-state index in [4.69, 9.17) is 51.1 Å². The lowest BCUT2D eigenvalue weighted by Gasteiger charge is -2.19. The van der Waals surface area contributed by atoms with Gasteiger partial charge < -0.3 is 10.1 Å². The van der Waals surface area contributed by atoms with Gasteiger partial charge in [0.15, 0.2) is 0 Å². The Morgan fingerprint density at radius 2 is 1.56 bits per heavy atom. The van der Waals surface area contributed by atoms with Crippen LogP contribution in [0.25, 0.3) is 0 Å². The quantitative estimate of drug-likeness (QED) is 0.640. The first-order valence-electron chi connectivity index (χ1n) is 7.58. The molecule has 0 unspecified atom stereocenters. The van der Waals surface area contributed by atoms with Gasteiger partial charge in [-0.15, -0.1) is 0 Å². The number of rotatable bonds is 4. The van der Waals surface area contributed by atoms with Crippen molar-refractivity contribution in [3.8, 4) is 5.75 Å². The molecule has 9 heteroatoms. The summed E-state index contributed by atoms with van der Waals surface area (Å²) < 4.78 is 5.26. The summed E-state index contributed by atoms with van der Waals surface area (Å²) in [4.78, 5) is 26.5. The monoisotopic (exact) mass is 444 g/mol. The number of benzene rings is 2. The molecule has 0 aliphatic carbocycles. The summed E-state index contributed by atoms with van der Waals surface area (Å²) in [6.45, 7) is 1.75. The second kappa shape index (κ2) is 7.60. The number of aryl methyl sites for hydroxylation is 1. The lowest BCUT2D eigenvalue weighted by molar-refractivity contribution is -0.120. The third-order valence-electron chi connectivity index (χ3n) is 3.86. The molecule has 0 saturated carbocycles. The van der Waals surface area contributed by atoms with Crippen molar-refractivity contribution >= 4 is 69.6 Å². The highest BCUT2D eigenvalue weighted by Crippen LogP contribution is 2.38. The van der Waals surface area contributed by atoms with Crippen LogP contribution in [0.5, 0.6) is 5.75 Å². The molecule has 2 aromatic rings. The summed E-state index contributed by atoms with van der Waals surface area (Å²) >= 11 is 24.2. The predicted molar refractivity (Wildman–Crippen MR) is 108 cm³/mol. The third kappa shape index (κ3) is 3.73. The standard InChI is InChI=1S/C18H12Cl4N2O3/c1-8-3-13(14(27-2)7-12(8)21)24-17(25)15(22)16(18(24)26)23-11-5-9(19)4-10(20)6-11/h3-7,23H,1-2H3. The fourth-order valence-corrected chi connectivity index (χ4v) is 3.48. The van der Waals surface area contributed by atoms with Crippen LogP contribution in [0.1, 0.15) is 5.56 Å². The van der Waals surface area contributed by atoms with Crippen molar-refractivity contribution in [2.24, 2.45) is 0 Å². The molecule has 2 aromatic carbocycles. The zero-order chi connectivity index (χ0) is 19.9. The average Bonchev–Trinajstić information content (AvgIpc) is 2.80. The number of amides is 2. The van der Waals surface area contributed by atoms with Gasteiger partial charge in [0.05, 0.1) is 12.8 Å². The zero-order valence-corrected chi connectivity index (χ0v) is 17.1. The Morgan fingerprint density at radius 3 is 2.15 bits per heavy atom. The number of ether oxygens (including phenoxy) is 1. The molecule has 0 atom stereocenters. The van der Waals surface area contributed by atoms with E-state index < -0.39 is 11.8 Å². The molecule has 5 nitrogen and oxygen atoms in total. The molecule has 0 bridgehead atoms. The smallest absolute Gasteiger partial charge is 0.283 e. The number of hydrogen-bond donors (Lipinski definition) is 1. The maximum absolute atomic E-state index is 12.9. The number of carbonyl (C=O) groups excluding carboxylic acids is 2. The molecule has 0 saturated heterocycles. The van der Waals surface area contributed by atoms with Crippen LogP contribution < -0.4 is 15.0 Å². The van der Waals surface area contributed by atoms with Crippen LogP contribution in [0.4, 0.5) is 11.4 Å². The second-order valence-electron chi connectivity index (χ2n) is 5.69. The van der Waals surface area contributed by atoms with Gasteiger partial charge >= 0.3 is 0 Å². The number of anilines is 2. The molecule has 2 amide bonds. The van der Waals surface area contributed by atoms with E-state index in [1.165, 1.54) is 13.2 Å². The summed E-state index contributed by atoms with van der Waals surface area (Å²) in [6, 6.07) is 7.76. The maximum Gasteiger partial charge on any atom is 0.283 e. The molecule has 0 radical (unpaired) electrons. The van der Waals surface area contributed by atoms with E-state index in [0.717, 1.165) is 4.90 Å². The summed E-state index contributed by atoms with van der Waals surface area (Å²) in [5, 5.41) is 3.73. The molecule has 3 rings (SSSR count). The summed E-state index contributed by atoms with van der Waals surface area (Å²) in [5.41, 5.74) is 1.25.